The number of nitrogens with one attached hydrogen (secondary N) is 3. The summed E-state index contributed by atoms with van der Waals surface area (Å²) in [6, 6.07) is 7.96. The highest BCUT2D eigenvalue weighted by Gasteiger charge is 2.28. The Morgan fingerprint density at radius 3 is 1.79 bits per heavy atom. The summed E-state index contributed by atoms with van der Waals surface area (Å²) in [5.74, 6) is -2.42. The van der Waals surface area contributed by atoms with E-state index >= 15 is 0 Å². The van der Waals surface area contributed by atoms with Gasteiger partial charge in [-0.25, -0.2) is 4.79 Å². The number of aromatic hydroxyl groups is 2. The molecule has 0 bridgehead atoms. The maximum atomic E-state index is 12.9. The van der Waals surface area contributed by atoms with E-state index in [1.54, 1.807) is 24.3 Å². The minimum atomic E-state index is -1.25. The monoisotopic (exact) mass is 546 g/mol. The first-order valence-electron chi connectivity index (χ1n) is 11.9. The molecule has 4 unspecified atom stereocenters. The summed E-state index contributed by atoms with van der Waals surface area (Å²) in [6.45, 7) is 1.41. The molecule has 0 aliphatic carbocycles. The van der Waals surface area contributed by atoms with E-state index in [1.807, 2.05) is 6.26 Å². The van der Waals surface area contributed by atoms with E-state index in [2.05, 4.69) is 16.0 Å². The largest absolute Gasteiger partial charge is 0.508 e. The van der Waals surface area contributed by atoms with Crippen molar-refractivity contribution in [3.8, 4) is 11.5 Å². The van der Waals surface area contributed by atoms with Crippen LogP contribution in [0.5, 0.6) is 11.5 Å². The number of hydrogen-bond acceptors (Lipinski definition) is 8. The van der Waals surface area contributed by atoms with Gasteiger partial charge in [-0.2, -0.15) is 11.8 Å². The van der Waals surface area contributed by atoms with Gasteiger partial charge in [0.1, 0.15) is 29.6 Å². The van der Waals surface area contributed by atoms with Crippen LogP contribution in [-0.4, -0.2) is 75.2 Å². The summed E-state index contributed by atoms with van der Waals surface area (Å²) in [5, 5.41) is 35.9. The van der Waals surface area contributed by atoms with Gasteiger partial charge in [0.25, 0.3) is 0 Å². The van der Waals surface area contributed by atoms with E-state index in [1.165, 1.54) is 43.0 Å². The second-order valence-electron chi connectivity index (χ2n) is 8.82. The Morgan fingerprint density at radius 2 is 1.29 bits per heavy atom. The zero-order valence-electron chi connectivity index (χ0n) is 21.2. The summed E-state index contributed by atoms with van der Waals surface area (Å²) in [7, 11) is 0. The van der Waals surface area contributed by atoms with E-state index in [-0.39, 0.29) is 30.8 Å². The Morgan fingerprint density at radius 1 is 0.789 bits per heavy atom. The number of carbonyl (C=O) groups is 4. The summed E-state index contributed by atoms with van der Waals surface area (Å²) >= 11 is 1.48. The van der Waals surface area contributed by atoms with Crippen molar-refractivity contribution in [1.29, 1.82) is 0 Å². The molecule has 11 nitrogen and oxygen atoms in total. The number of nitrogens with two attached hydrogens (primary N) is 1. The van der Waals surface area contributed by atoms with Gasteiger partial charge in [-0.3, -0.25) is 14.4 Å². The molecule has 0 radical (unpaired) electrons. The molecule has 2 rings (SSSR count). The van der Waals surface area contributed by atoms with E-state index < -0.39 is 47.9 Å². The normalized spacial score (nSPS) is 14.0. The number of carboxylic acids is 1. The molecule has 0 spiro atoms. The zero-order chi connectivity index (χ0) is 28.2. The van der Waals surface area contributed by atoms with E-state index in [4.69, 9.17) is 5.73 Å². The standard InChI is InChI=1S/C26H34N4O7S/c1-15(23(33)30-22(26(36)37)14-17-5-9-19(32)10-6-17)28-25(35)21(11-12-38-2)29-24(34)20(27)13-16-3-7-18(31)8-4-16/h3-10,15,20-22,31-32H,11-14,27H2,1-2H3,(H,28,35)(H,29,34)(H,30,33)(H,36,37). The van der Waals surface area contributed by atoms with Gasteiger partial charge >= 0.3 is 5.97 Å². The lowest BCUT2D eigenvalue weighted by Gasteiger charge is -2.23. The number of hydrogen-bond donors (Lipinski definition) is 7. The van der Waals surface area contributed by atoms with E-state index in [0.717, 1.165) is 5.56 Å². The van der Waals surface area contributed by atoms with Crippen LogP contribution >= 0.6 is 11.8 Å². The van der Waals surface area contributed by atoms with E-state index in [9.17, 15) is 34.5 Å². The Bertz CT molecular complexity index is 1100. The van der Waals surface area contributed by atoms with Crippen LogP contribution < -0.4 is 21.7 Å². The fraction of sp³-hybridized carbons (Fsp3) is 0.385. The maximum Gasteiger partial charge on any atom is 0.326 e. The third-order valence-electron chi connectivity index (χ3n) is 5.72. The number of carboxylic acid groups (broad SMARTS) is 1. The lowest BCUT2D eigenvalue weighted by atomic mass is 10.0. The quantitative estimate of drug-likeness (QED) is 0.177. The lowest BCUT2D eigenvalue weighted by Crippen LogP contribution is -2.56. The van der Waals surface area contributed by atoms with Crippen LogP contribution in [0.25, 0.3) is 0 Å². The number of amides is 3. The highest BCUT2D eigenvalue weighted by atomic mass is 32.2. The van der Waals surface area contributed by atoms with Gasteiger partial charge in [-0.1, -0.05) is 24.3 Å². The van der Waals surface area contributed by atoms with Crippen LogP contribution in [0.1, 0.15) is 24.5 Å². The molecule has 0 heterocycles. The van der Waals surface area contributed by atoms with Gasteiger partial charge in [-0.05, 0) is 67.2 Å². The van der Waals surface area contributed by atoms with Gasteiger partial charge in [-0.15, -0.1) is 0 Å². The lowest BCUT2D eigenvalue weighted by molar-refractivity contribution is -0.142. The molecule has 4 atom stereocenters. The number of phenolic OH excluding ortho intramolecular Hbond substituents is 2. The number of thioether (sulfide) groups is 1. The number of phenols is 2. The van der Waals surface area contributed by atoms with Gasteiger partial charge in [0, 0.05) is 6.42 Å². The highest BCUT2D eigenvalue weighted by Crippen LogP contribution is 2.13. The molecule has 12 heteroatoms. The molecule has 0 fully saturated rings. The highest BCUT2D eigenvalue weighted by molar-refractivity contribution is 7.98. The van der Waals surface area contributed by atoms with Crippen molar-refractivity contribution in [3.63, 3.8) is 0 Å². The van der Waals surface area contributed by atoms with Crippen LogP contribution in [-0.2, 0) is 32.0 Å². The number of carbonyl (C=O) groups excluding carboxylic acids is 3. The van der Waals surface area contributed by atoms with Crippen LogP contribution in [0.2, 0.25) is 0 Å². The Balaban J connectivity index is 1.98. The van der Waals surface area contributed by atoms with Crippen molar-refractivity contribution >= 4 is 35.5 Å². The van der Waals surface area contributed by atoms with Crippen molar-refractivity contribution in [1.82, 2.24) is 16.0 Å². The predicted molar refractivity (Wildman–Crippen MR) is 144 cm³/mol. The fourth-order valence-electron chi connectivity index (χ4n) is 3.51. The second kappa shape index (κ2) is 14.8. The fourth-order valence-corrected chi connectivity index (χ4v) is 3.98. The molecule has 206 valence electrons. The number of rotatable bonds is 14. The maximum absolute atomic E-state index is 12.9. The summed E-state index contributed by atoms with van der Waals surface area (Å²) in [6.07, 6.45) is 2.31. The van der Waals surface area contributed by atoms with Crippen molar-refractivity contribution in [2.24, 2.45) is 5.73 Å². The van der Waals surface area contributed by atoms with Crippen molar-refractivity contribution in [2.75, 3.05) is 12.0 Å². The molecule has 3 amide bonds. The molecule has 38 heavy (non-hydrogen) atoms. The average molecular weight is 547 g/mol. The topological polar surface area (TPSA) is 191 Å². The Labute approximate surface area is 225 Å². The Kier molecular flexibility index (Phi) is 11.9. The second-order valence-corrected chi connectivity index (χ2v) is 9.81. The first-order chi connectivity index (χ1) is 18.0. The number of aliphatic carboxylic acids is 1. The third kappa shape index (κ3) is 9.94. The molecule has 2 aromatic carbocycles. The molecule has 0 saturated carbocycles. The minimum absolute atomic E-state index is 0.0205. The molecule has 0 saturated heterocycles. The average Bonchev–Trinajstić information content (AvgIpc) is 2.88. The van der Waals surface area contributed by atoms with Crippen LogP contribution in [0.4, 0.5) is 0 Å². The smallest absolute Gasteiger partial charge is 0.326 e. The van der Waals surface area contributed by atoms with Crippen molar-refractivity contribution in [2.45, 2.75) is 50.4 Å². The first-order valence-corrected chi connectivity index (χ1v) is 13.3. The summed E-state index contributed by atoms with van der Waals surface area (Å²) in [4.78, 5) is 50.0. The summed E-state index contributed by atoms with van der Waals surface area (Å²) < 4.78 is 0. The van der Waals surface area contributed by atoms with Crippen LogP contribution in [0.15, 0.2) is 48.5 Å². The molecule has 2 aromatic rings. The van der Waals surface area contributed by atoms with Gasteiger partial charge in [0.05, 0.1) is 6.04 Å². The third-order valence-corrected chi connectivity index (χ3v) is 6.36. The Hall–Kier alpha value is -3.77. The van der Waals surface area contributed by atoms with Crippen LogP contribution in [0.3, 0.4) is 0 Å². The van der Waals surface area contributed by atoms with Gasteiger partial charge < -0.3 is 37.0 Å². The zero-order valence-corrected chi connectivity index (χ0v) is 22.0. The molecule has 8 N–H and O–H groups in total. The molecule has 0 aliphatic rings. The van der Waals surface area contributed by atoms with Gasteiger partial charge in [0.2, 0.25) is 17.7 Å². The molecule has 0 aromatic heterocycles. The summed E-state index contributed by atoms with van der Waals surface area (Å²) in [5.41, 5.74) is 7.35. The molecular formula is C26H34N4O7S. The number of benzene rings is 2. The minimum Gasteiger partial charge on any atom is -0.508 e. The van der Waals surface area contributed by atoms with Crippen molar-refractivity contribution in [3.05, 3.63) is 59.7 Å². The van der Waals surface area contributed by atoms with E-state index in [0.29, 0.717) is 11.3 Å². The van der Waals surface area contributed by atoms with Crippen LogP contribution in [0, 0.1) is 0 Å². The molecule has 0 aliphatic heterocycles. The SMILES string of the molecule is CSCCC(NC(=O)C(N)Cc1ccc(O)cc1)C(=O)NC(C)C(=O)NC(Cc1ccc(O)cc1)C(=O)O. The van der Waals surface area contributed by atoms with Crippen molar-refractivity contribution < 1.29 is 34.5 Å². The molecular weight excluding hydrogens is 512 g/mol. The predicted octanol–water partition coefficient (Wildman–Crippen LogP) is 0.522. The first kappa shape index (κ1) is 30.5. The van der Waals surface area contributed by atoms with Gasteiger partial charge in [0.15, 0.2) is 0 Å².